The second-order valence-corrected chi connectivity index (χ2v) is 8.69. The molecule has 1 aromatic heterocycles. The van der Waals surface area contributed by atoms with E-state index in [1.807, 2.05) is 0 Å². The van der Waals surface area contributed by atoms with Crippen molar-refractivity contribution in [2.24, 2.45) is 0 Å². The van der Waals surface area contributed by atoms with E-state index in [9.17, 15) is 8.42 Å². The van der Waals surface area contributed by atoms with Gasteiger partial charge in [-0.3, -0.25) is 0 Å². The van der Waals surface area contributed by atoms with Gasteiger partial charge >= 0.3 is 0 Å². The van der Waals surface area contributed by atoms with E-state index in [0.29, 0.717) is 8.68 Å². The van der Waals surface area contributed by atoms with E-state index < -0.39 is 10.0 Å². The fourth-order valence-electron chi connectivity index (χ4n) is 2.41. The quantitative estimate of drug-likeness (QED) is 0.775. The van der Waals surface area contributed by atoms with E-state index in [0.717, 1.165) is 25.7 Å². The van der Waals surface area contributed by atoms with E-state index in [-0.39, 0.29) is 6.04 Å². The van der Waals surface area contributed by atoms with Crippen molar-refractivity contribution in [3.63, 3.8) is 0 Å². The van der Waals surface area contributed by atoms with Crippen LogP contribution in [0.25, 0.3) is 0 Å². The van der Waals surface area contributed by atoms with Crippen LogP contribution in [0.1, 0.15) is 38.5 Å². The van der Waals surface area contributed by atoms with E-state index in [4.69, 9.17) is 0 Å². The van der Waals surface area contributed by atoms with Gasteiger partial charge in [0.25, 0.3) is 10.0 Å². The monoisotopic (exact) mass is 351 g/mol. The van der Waals surface area contributed by atoms with Crippen molar-refractivity contribution < 1.29 is 8.42 Å². The van der Waals surface area contributed by atoms with Crippen molar-refractivity contribution in [1.82, 2.24) is 4.31 Å². The molecule has 0 amide bonds. The standard InChI is InChI=1S/C12H18BrNO2S2/c1-14(10-6-4-2-3-5-7-10)18(15,16)12-11(13)8-9-17-12/h8-10H,2-7H2,1H3. The summed E-state index contributed by atoms with van der Waals surface area (Å²) in [6.07, 6.45) is 6.70. The molecule has 0 aliphatic heterocycles. The van der Waals surface area contributed by atoms with Crippen molar-refractivity contribution in [2.75, 3.05) is 7.05 Å². The molecule has 0 N–H and O–H groups in total. The van der Waals surface area contributed by atoms with E-state index >= 15 is 0 Å². The molecule has 0 bridgehead atoms. The first-order valence-corrected chi connectivity index (χ1v) is 9.36. The lowest BCUT2D eigenvalue weighted by Gasteiger charge is -2.26. The predicted molar refractivity (Wildman–Crippen MR) is 78.5 cm³/mol. The number of hydrogen-bond acceptors (Lipinski definition) is 3. The lowest BCUT2D eigenvalue weighted by atomic mass is 10.1. The summed E-state index contributed by atoms with van der Waals surface area (Å²) < 4.78 is 27.7. The molecule has 6 heteroatoms. The predicted octanol–water partition coefficient (Wildman–Crippen LogP) is 3.85. The van der Waals surface area contributed by atoms with Crippen molar-refractivity contribution in [1.29, 1.82) is 0 Å². The van der Waals surface area contributed by atoms with Crippen molar-refractivity contribution in [2.45, 2.75) is 48.8 Å². The van der Waals surface area contributed by atoms with Crippen LogP contribution in [-0.2, 0) is 10.0 Å². The van der Waals surface area contributed by atoms with Crippen LogP contribution in [0.5, 0.6) is 0 Å². The molecule has 1 aromatic rings. The summed E-state index contributed by atoms with van der Waals surface area (Å²) in [6, 6.07) is 1.95. The second-order valence-electron chi connectivity index (χ2n) is 4.72. The summed E-state index contributed by atoms with van der Waals surface area (Å²) in [5.74, 6) is 0. The van der Waals surface area contributed by atoms with Gasteiger partial charge in [-0.1, -0.05) is 25.7 Å². The molecular weight excluding hydrogens is 334 g/mol. The molecule has 0 saturated heterocycles. The minimum absolute atomic E-state index is 0.159. The average Bonchev–Trinajstić information content (AvgIpc) is 2.63. The maximum Gasteiger partial charge on any atom is 0.253 e. The molecule has 0 unspecified atom stereocenters. The topological polar surface area (TPSA) is 37.4 Å². The third-order valence-electron chi connectivity index (χ3n) is 3.54. The van der Waals surface area contributed by atoms with Crippen LogP contribution in [0.4, 0.5) is 0 Å². The van der Waals surface area contributed by atoms with Crippen LogP contribution in [-0.4, -0.2) is 25.8 Å². The number of hydrogen-bond donors (Lipinski definition) is 0. The molecule has 1 heterocycles. The van der Waals surface area contributed by atoms with Crippen LogP contribution < -0.4 is 0 Å². The third-order valence-corrected chi connectivity index (χ3v) is 8.09. The molecule has 1 aliphatic rings. The van der Waals surface area contributed by atoms with Crippen LogP contribution in [0.3, 0.4) is 0 Å². The van der Waals surface area contributed by atoms with Gasteiger partial charge in [0.1, 0.15) is 4.21 Å². The lowest BCUT2D eigenvalue weighted by Crippen LogP contribution is -2.36. The van der Waals surface area contributed by atoms with Crippen molar-refractivity contribution in [3.8, 4) is 0 Å². The highest BCUT2D eigenvalue weighted by Gasteiger charge is 2.30. The maximum absolute atomic E-state index is 12.5. The molecule has 18 heavy (non-hydrogen) atoms. The molecular formula is C12H18BrNO2S2. The number of sulfonamides is 1. The van der Waals surface area contributed by atoms with Crippen molar-refractivity contribution >= 4 is 37.3 Å². The Morgan fingerprint density at radius 2 is 1.89 bits per heavy atom. The number of halogens is 1. The normalized spacial score (nSPS) is 19.1. The maximum atomic E-state index is 12.5. The fourth-order valence-corrected chi connectivity index (χ4v) is 6.31. The molecule has 1 aliphatic carbocycles. The molecule has 1 fully saturated rings. The zero-order valence-corrected chi connectivity index (χ0v) is 13.7. The van der Waals surface area contributed by atoms with Crippen molar-refractivity contribution in [3.05, 3.63) is 15.9 Å². The molecule has 0 aromatic carbocycles. The summed E-state index contributed by atoms with van der Waals surface area (Å²) >= 11 is 4.59. The van der Waals surface area contributed by atoms with Crippen LogP contribution >= 0.6 is 27.3 Å². The first-order valence-electron chi connectivity index (χ1n) is 6.24. The van der Waals surface area contributed by atoms with E-state index in [1.165, 1.54) is 24.2 Å². The SMILES string of the molecule is CN(C1CCCCCC1)S(=O)(=O)c1sccc1Br. The fraction of sp³-hybridized carbons (Fsp3) is 0.667. The van der Waals surface area contributed by atoms with Crippen LogP contribution in [0.2, 0.25) is 0 Å². The van der Waals surface area contributed by atoms with E-state index in [1.54, 1.807) is 22.8 Å². The molecule has 0 atom stereocenters. The zero-order chi connectivity index (χ0) is 13.2. The first-order chi connectivity index (χ1) is 8.53. The zero-order valence-electron chi connectivity index (χ0n) is 10.4. The minimum Gasteiger partial charge on any atom is -0.206 e. The van der Waals surface area contributed by atoms with Crippen LogP contribution in [0, 0.1) is 0 Å². The summed E-state index contributed by atoms with van der Waals surface area (Å²) in [7, 11) is -1.62. The Bertz CT molecular complexity index is 490. The molecule has 0 spiro atoms. The highest BCUT2D eigenvalue weighted by atomic mass is 79.9. The lowest BCUT2D eigenvalue weighted by molar-refractivity contribution is 0.336. The number of nitrogens with zero attached hydrogens (tertiary/aromatic N) is 1. The highest BCUT2D eigenvalue weighted by molar-refractivity contribution is 9.10. The molecule has 102 valence electrons. The molecule has 3 nitrogen and oxygen atoms in total. The largest absolute Gasteiger partial charge is 0.253 e. The average molecular weight is 352 g/mol. The van der Waals surface area contributed by atoms with Gasteiger partial charge in [-0.05, 0) is 40.2 Å². The Hall–Kier alpha value is 0.0900. The van der Waals surface area contributed by atoms with Gasteiger partial charge < -0.3 is 0 Å². The van der Waals surface area contributed by atoms with Gasteiger partial charge in [0.2, 0.25) is 0 Å². The summed E-state index contributed by atoms with van der Waals surface area (Å²) in [5.41, 5.74) is 0. The highest BCUT2D eigenvalue weighted by Crippen LogP contribution is 2.32. The smallest absolute Gasteiger partial charge is 0.206 e. The van der Waals surface area contributed by atoms with Gasteiger partial charge in [-0.15, -0.1) is 11.3 Å². The van der Waals surface area contributed by atoms with Crippen LogP contribution in [0.15, 0.2) is 20.1 Å². The third kappa shape index (κ3) is 2.98. The molecule has 0 radical (unpaired) electrons. The summed E-state index contributed by atoms with van der Waals surface area (Å²) in [6.45, 7) is 0. The summed E-state index contributed by atoms with van der Waals surface area (Å²) in [5, 5.41) is 1.80. The minimum atomic E-state index is -3.34. The number of rotatable bonds is 3. The van der Waals surface area contributed by atoms with Gasteiger partial charge in [0.15, 0.2) is 0 Å². The Kier molecular flexibility index (Phi) is 4.86. The Labute approximate surface area is 121 Å². The Morgan fingerprint density at radius 1 is 1.28 bits per heavy atom. The van der Waals surface area contributed by atoms with Gasteiger partial charge in [-0.2, -0.15) is 4.31 Å². The first kappa shape index (κ1) is 14.5. The Balaban J connectivity index is 2.21. The summed E-state index contributed by atoms with van der Waals surface area (Å²) in [4.78, 5) is 0. The molecule has 2 rings (SSSR count). The Morgan fingerprint density at radius 3 is 2.39 bits per heavy atom. The number of thiophene rings is 1. The van der Waals surface area contributed by atoms with Gasteiger partial charge in [-0.25, -0.2) is 8.42 Å². The van der Waals surface area contributed by atoms with Gasteiger partial charge in [0, 0.05) is 17.6 Å². The van der Waals surface area contributed by atoms with E-state index in [2.05, 4.69) is 15.9 Å². The van der Waals surface area contributed by atoms with Gasteiger partial charge in [0.05, 0.1) is 0 Å². The second kappa shape index (κ2) is 6.03. The molecule has 1 saturated carbocycles.